The van der Waals surface area contributed by atoms with Crippen molar-refractivity contribution < 1.29 is 9.53 Å². The van der Waals surface area contributed by atoms with Gasteiger partial charge < -0.3 is 15.4 Å². The van der Waals surface area contributed by atoms with Crippen LogP contribution in [-0.4, -0.2) is 30.7 Å². The number of nitrogens with two attached hydrogens (primary N) is 1. The van der Waals surface area contributed by atoms with E-state index in [9.17, 15) is 4.79 Å². The van der Waals surface area contributed by atoms with Crippen LogP contribution in [0.4, 0.5) is 5.69 Å². The average Bonchev–Trinajstić information content (AvgIpc) is 2.53. The summed E-state index contributed by atoms with van der Waals surface area (Å²) in [5, 5.41) is 0. The van der Waals surface area contributed by atoms with Crippen LogP contribution in [0.1, 0.15) is 37.7 Å². The van der Waals surface area contributed by atoms with Crippen LogP contribution in [-0.2, 0) is 9.53 Å². The van der Waals surface area contributed by atoms with Crippen molar-refractivity contribution in [2.75, 3.05) is 18.6 Å². The first-order chi connectivity index (χ1) is 10.1. The smallest absolute Gasteiger partial charge is 0.226 e. The molecule has 1 aromatic rings. The van der Waals surface area contributed by atoms with Crippen molar-refractivity contribution in [1.82, 2.24) is 0 Å². The third-order valence-electron chi connectivity index (χ3n) is 3.87. The van der Waals surface area contributed by atoms with Crippen molar-refractivity contribution in [3.8, 4) is 0 Å². The molecule has 2 rings (SSSR count). The normalized spacial score (nSPS) is 18.2. The van der Waals surface area contributed by atoms with E-state index in [2.05, 4.69) is 0 Å². The molecule has 1 amide bonds. The van der Waals surface area contributed by atoms with E-state index in [4.69, 9.17) is 22.7 Å². The SMILES string of the molecule is CN(C(=O)CCC1CCCCO1)c1ccc(C(N)=S)cc1. The summed E-state index contributed by atoms with van der Waals surface area (Å²) in [5.74, 6) is 0.104. The number of thiocarbonyl (C=S) groups is 1. The Morgan fingerprint density at radius 1 is 1.38 bits per heavy atom. The Balaban J connectivity index is 1.87. The molecular formula is C16H22N2O2S. The highest BCUT2D eigenvalue weighted by Gasteiger charge is 2.17. The molecule has 2 N–H and O–H groups in total. The molecule has 114 valence electrons. The number of benzene rings is 1. The minimum absolute atomic E-state index is 0.104. The first kappa shape index (κ1) is 15.9. The fourth-order valence-corrected chi connectivity index (χ4v) is 2.62. The van der Waals surface area contributed by atoms with Gasteiger partial charge in [-0.1, -0.05) is 12.2 Å². The van der Waals surface area contributed by atoms with Crippen molar-refractivity contribution in [3.05, 3.63) is 29.8 Å². The number of carbonyl (C=O) groups excluding carboxylic acids is 1. The Morgan fingerprint density at radius 2 is 2.10 bits per heavy atom. The minimum Gasteiger partial charge on any atom is -0.389 e. The maximum Gasteiger partial charge on any atom is 0.226 e. The van der Waals surface area contributed by atoms with E-state index in [1.165, 1.54) is 6.42 Å². The Hall–Kier alpha value is -1.46. The Labute approximate surface area is 131 Å². The van der Waals surface area contributed by atoms with E-state index >= 15 is 0 Å². The second-order valence-corrected chi connectivity index (χ2v) is 5.83. The summed E-state index contributed by atoms with van der Waals surface area (Å²) in [6.45, 7) is 0.829. The number of hydrogen-bond acceptors (Lipinski definition) is 3. The maximum atomic E-state index is 12.2. The maximum absolute atomic E-state index is 12.2. The van der Waals surface area contributed by atoms with Gasteiger partial charge in [0.05, 0.1) is 6.10 Å². The number of nitrogens with zero attached hydrogens (tertiary/aromatic N) is 1. The van der Waals surface area contributed by atoms with Crippen molar-refractivity contribution in [1.29, 1.82) is 0 Å². The van der Waals surface area contributed by atoms with Crippen LogP contribution in [0.5, 0.6) is 0 Å². The van der Waals surface area contributed by atoms with Crippen LogP contribution in [0, 0.1) is 0 Å². The van der Waals surface area contributed by atoms with Gasteiger partial charge in [0.15, 0.2) is 0 Å². The van der Waals surface area contributed by atoms with Crippen LogP contribution >= 0.6 is 12.2 Å². The average molecular weight is 306 g/mol. The van der Waals surface area contributed by atoms with Crippen LogP contribution in [0.25, 0.3) is 0 Å². The summed E-state index contributed by atoms with van der Waals surface area (Å²) in [4.78, 5) is 14.3. The lowest BCUT2D eigenvalue weighted by molar-refractivity contribution is -0.119. The lowest BCUT2D eigenvalue weighted by Crippen LogP contribution is -2.28. The van der Waals surface area contributed by atoms with E-state index in [1.54, 1.807) is 11.9 Å². The highest BCUT2D eigenvalue weighted by molar-refractivity contribution is 7.80. The molecule has 1 aliphatic heterocycles. The molecule has 1 unspecified atom stereocenters. The van der Waals surface area contributed by atoms with Gasteiger partial charge in [0, 0.05) is 31.3 Å². The van der Waals surface area contributed by atoms with E-state index < -0.39 is 0 Å². The predicted molar refractivity (Wildman–Crippen MR) is 88.6 cm³/mol. The molecule has 0 aliphatic carbocycles. The molecule has 1 atom stereocenters. The number of amides is 1. The zero-order valence-corrected chi connectivity index (χ0v) is 13.2. The van der Waals surface area contributed by atoms with Gasteiger partial charge in [-0.2, -0.15) is 0 Å². The number of ether oxygens (including phenoxy) is 1. The van der Waals surface area contributed by atoms with Gasteiger partial charge in [-0.3, -0.25) is 4.79 Å². The first-order valence-electron chi connectivity index (χ1n) is 7.36. The van der Waals surface area contributed by atoms with Gasteiger partial charge in [-0.15, -0.1) is 0 Å². The molecule has 5 heteroatoms. The Bertz CT molecular complexity index is 496. The zero-order valence-electron chi connectivity index (χ0n) is 12.4. The van der Waals surface area contributed by atoms with Crippen LogP contribution in [0.3, 0.4) is 0 Å². The molecule has 1 heterocycles. The van der Waals surface area contributed by atoms with Crippen molar-refractivity contribution in [2.45, 2.75) is 38.2 Å². The third kappa shape index (κ3) is 4.51. The molecule has 4 nitrogen and oxygen atoms in total. The van der Waals surface area contributed by atoms with Gasteiger partial charge in [-0.05, 0) is 49.9 Å². The van der Waals surface area contributed by atoms with Crippen LogP contribution in [0.15, 0.2) is 24.3 Å². The van der Waals surface area contributed by atoms with E-state index in [-0.39, 0.29) is 12.0 Å². The molecular weight excluding hydrogens is 284 g/mol. The second-order valence-electron chi connectivity index (χ2n) is 5.39. The molecule has 1 aliphatic rings. The van der Waals surface area contributed by atoms with Gasteiger partial charge in [-0.25, -0.2) is 0 Å². The quantitative estimate of drug-likeness (QED) is 0.850. The zero-order chi connectivity index (χ0) is 15.2. The second kappa shape index (κ2) is 7.52. The fraction of sp³-hybridized carbons (Fsp3) is 0.500. The lowest BCUT2D eigenvalue weighted by atomic mass is 10.0. The van der Waals surface area contributed by atoms with Crippen molar-refractivity contribution >= 4 is 28.8 Å². The summed E-state index contributed by atoms with van der Waals surface area (Å²) in [6.07, 6.45) is 4.97. The van der Waals surface area contributed by atoms with Gasteiger partial charge in [0.25, 0.3) is 0 Å². The summed E-state index contributed by atoms with van der Waals surface area (Å²) in [5.41, 5.74) is 7.23. The summed E-state index contributed by atoms with van der Waals surface area (Å²) in [7, 11) is 1.79. The highest BCUT2D eigenvalue weighted by atomic mass is 32.1. The molecule has 1 saturated heterocycles. The molecule has 0 bridgehead atoms. The molecule has 0 aromatic heterocycles. The monoisotopic (exact) mass is 306 g/mol. The molecule has 0 saturated carbocycles. The van der Waals surface area contributed by atoms with Gasteiger partial charge in [0.1, 0.15) is 4.99 Å². The third-order valence-corrected chi connectivity index (χ3v) is 4.10. The van der Waals surface area contributed by atoms with Crippen LogP contribution < -0.4 is 10.6 Å². The summed E-state index contributed by atoms with van der Waals surface area (Å²) >= 11 is 4.92. The van der Waals surface area contributed by atoms with E-state index in [0.29, 0.717) is 11.4 Å². The van der Waals surface area contributed by atoms with E-state index in [1.807, 2.05) is 24.3 Å². The molecule has 1 aromatic carbocycles. The van der Waals surface area contributed by atoms with Crippen molar-refractivity contribution in [2.24, 2.45) is 5.73 Å². The van der Waals surface area contributed by atoms with Crippen molar-refractivity contribution in [3.63, 3.8) is 0 Å². The molecule has 1 fully saturated rings. The largest absolute Gasteiger partial charge is 0.389 e. The fourth-order valence-electron chi connectivity index (χ4n) is 2.48. The molecule has 0 spiro atoms. The Kier molecular flexibility index (Phi) is 5.70. The van der Waals surface area contributed by atoms with Crippen LogP contribution in [0.2, 0.25) is 0 Å². The van der Waals surface area contributed by atoms with Gasteiger partial charge in [0.2, 0.25) is 5.91 Å². The number of carbonyl (C=O) groups is 1. The Morgan fingerprint density at radius 3 is 2.67 bits per heavy atom. The number of rotatable bonds is 5. The molecule has 0 radical (unpaired) electrons. The first-order valence-corrected chi connectivity index (χ1v) is 7.77. The minimum atomic E-state index is 0.104. The standard InChI is InChI=1S/C16H22N2O2S/c1-18(13-7-5-12(6-8-13)16(17)21)15(19)10-9-14-4-2-3-11-20-14/h5-8,14H,2-4,9-11H2,1H3,(H2,17,21). The summed E-state index contributed by atoms with van der Waals surface area (Å²) < 4.78 is 5.66. The highest BCUT2D eigenvalue weighted by Crippen LogP contribution is 2.19. The number of anilines is 1. The predicted octanol–water partition coefficient (Wildman–Crippen LogP) is 2.63. The number of hydrogen-bond donors (Lipinski definition) is 1. The van der Waals surface area contributed by atoms with E-state index in [0.717, 1.165) is 37.1 Å². The summed E-state index contributed by atoms with van der Waals surface area (Å²) in [6, 6.07) is 7.41. The topological polar surface area (TPSA) is 55.6 Å². The van der Waals surface area contributed by atoms with Gasteiger partial charge >= 0.3 is 0 Å². The molecule has 21 heavy (non-hydrogen) atoms. The lowest BCUT2D eigenvalue weighted by Gasteiger charge is -2.23.